The quantitative estimate of drug-likeness (QED) is 0.601. The van der Waals surface area contributed by atoms with Gasteiger partial charge in [0.1, 0.15) is 0 Å². The second-order valence-corrected chi connectivity index (χ2v) is 6.94. The standard InChI is InChI=1S/C17H27N/c1-18-17(14-8-2-3-9-14,15-10-4-5-11-15)16-12-6-7-13-16/h14-16H,2-13H2. The Morgan fingerprint density at radius 3 is 1.11 bits per heavy atom. The van der Waals surface area contributed by atoms with Crippen molar-refractivity contribution in [2.45, 2.75) is 82.6 Å². The summed E-state index contributed by atoms with van der Waals surface area (Å²) in [6, 6.07) is 0. The summed E-state index contributed by atoms with van der Waals surface area (Å²) in [6.07, 6.45) is 16.5. The van der Waals surface area contributed by atoms with E-state index in [-0.39, 0.29) is 5.54 Å². The van der Waals surface area contributed by atoms with Gasteiger partial charge in [-0.3, -0.25) is 0 Å². The highest BCUT2D eigenvalue weighted by Gasteiger charge is 2.58. The maximum absolute atomic E-state index is 8.03. The van der Waals surface area contributed by atoms with E-state index < -0.39 is 0 Å². The second kappa shape index (κ2) is 5.24. The molecule has 0 bridgehead atoms. The van der Waals surface area contributed by atoms with Gasteiger partial charge in [0.05, 0.1) is 0 Å². The predicted molar refractivity (Wildman–Crippen MR) is 75.2 cm³/mol. The summed E-state index contributed by atoms with van der Waals surface area (Å²) < 4.78 is 0. The summed E-state index contributed by atoms with van der Waals surface area (Å²) in [5, 5.41) is 0. The van der Waals surface area contributed by atoms with Gasteiger partial charge >= 0.3 is 0 Å². The minimum absolute atomic E-state index is 0.0729. The van der Waals surface area contributed by atoms with Gasteiger partial charge in [-0.15, -0.1) is 0 Å². The fraction of sp³-hybridized carbons (Fsp3) is 0.941. The van der Waals surface area contributed by atoms with Gasteiger partial charge in [0.15, 0.2) is 0 Å². The Morgan fingerprint density at radius 1 is 0.611 bits per heavy atom. The summed E-state index contributed by atoms with van der Waals surface area (Å²) in [4.78, 5) is 4.42. The van der Waals surface area contributed by atoms with Crippen molar-refractivity contribution in [2.24, 2.45) is 17.8 Å². The molecule has 0 heterocycles. The van der Waals surface area contributed by atoms with Crippen LogP contribution in [0.3, 0.4) is 0 Å². The van der Waals surface area contributed by atoms with Crippen molar-refractivity contribution in [3.8, 4) is 0 Å². The molecule has 0 aromatic carbocycles. The summed E-state index contributed by atoms with van der Waals surface area (Å²) in [5.41, 5.74) is 0.0729. The van der Waals surface area contributed by atoms with Crippen molar-refractivity contribution in [1.82, 2.24) is 0 Å². The number of rotatable bonds is 3. The summed E-state index contributed by atoms with van der Waals surface area (Å²) in [6.45, 7) is 8.03. The highest BCUT2D eigenvalue weighted by Crippen LogP contribution is 2.54. The number of nitrogens with zero attached hydrogens (tertiary/aromatic N) is 1. The third kappa shape index (κ3) is 1.89. The summed E-state index contributed by atoms with van der Waals surface area (Å²) in [7, 11) is 0. The van der Waals surface area contributed by atoms with Crippen molar-refractivity contribution < 1.29 is 0 Å². The fourth-order valence-electron chi connectivity index (χ4n) is 5.44. The molecule has 3 saturated carbocycles. The van der Waals surface area contributed by atoms with Gasteiger partial charge in [-0.2, -0.15) is 0 Å². The Bertz CT molecular complexity index is 268. The van der Waals surface area contributed by atoms with Crippen molar-refractivity contribution in [3.63, 3.8) is 0 Å². The molecule has 0 aliphatic heterocycles. The topological polar surface area (TPSA) is 4.36 Å². The summed E-state index contributed by atoms with van der Waals surface area (Å²) >= 11 is 0. The zero-order valence-electron chi connectivity index (χ0n) is 11.7. The maximum Gasteiger partial charge on any atom is 0.240 e. The van der Waals surface area contributed by atoms with Gasteiger partial charge in [0, 0.05) is 17.8 Å². The molecule has 0 aromatic rings. The van der Waals surface area contributed by atoms with Crippen LogP contribution in [0.5, 0.6) is 0 Å². The van der Waals surface area contributed by atoms with E-state index >= 15 is 0 Å². The van der Waals surface area contributed by atoms with Gasteiger partial charge in [-0.05, 0) is 38.5 Å². The van der Waals surface area contributed by atoms with E-state index in [2.05, 4.69) is 4.85 Å². The lowest BCUT2D eigenvalue weighted by Gasteiger charge is -2.38. The predicted octanol–water partition coefficient (Wildman–Crippen LogP) is 5.22. The zero-order chi connectivity index (χ0) is 12.4. The smallest absolute Gasteiger partial charge is 0.240 e. The van der Waals surface area contributed by atoms with E-state index in [0.717, 1.165) is 17.8 Å². The molecule has 0 spiro atoms. The van der Waals surface area contributed by atoms with Gasteiger partial charge in [0.2, 0.25) is 5.54 Å². The highest BCUT2D eigenvalue weighted by atomic mass is 14.9. The molecule has 1 nitrogen and oxygen atoms in total. The molecule has 0 N–H and O–H groups in total. The Labute approximate surface area is 112 Å². The largest absolute Gasteiger partial charge is 0.309 e. The van der Waals surface area contributed by atoms with Crippen LogP contribution in [0.1, 0.15) is 77.0 Å². The molecule has 0 aromatic heterocycles. The van der Waals surface area contributed by atoms with Gasteiger partial charge in [-0.1, -0.05) is 38.5 Å². The molecular formula is C17H27N. The Kier molecular flexibility index (Phi) is 3.64. The van der Waals surface area contributed by atoms with Crippen LogP contribution >= 0.6 is 0 Å². The SMILES string of the molecule is [C-]#[N+]C(C1CCCC1)(C1CCCC1)C1CCCC1. The maximum atomic E-state index is 8.03. The zero-order valence-corrected chi connectivity index (χ0v) is 11.7. The van der Waals surface area contributed by atoms with Crippen LogP contribution in [0, 0.1) is 24.3 Å². The molecule has 3 rings (SSSR count). The van der Waals surface area contributed by atoms with Gasteiger partial charge < -0.3 is 4.85 Å². The van der Waals surface area contributed by atoms with Crippen LogP contribution in [-0.2, 0) is 0 Å². The van der Waals surface area contributed by atoms with Crippen LogP contribution in [0.15, 0.2) is 0 Å². The average Bonchev–Trinajstić information content (AvgIpc) is 3.16. The van der Waals surface area contributed by atoms with E-state index in [4.69, 9.17) is 6.57 Å². The van der Waals surface area contributed by atoms with Crippen molar-refractivity contribution in [2.75, 3.05) is 0 Å². The molecule has 3 aliphatic rings. The molecule has 1 heteroatoms. The van der Waals surface area contributed by atoms with E-state index in [1.807, 2.05) is 0 Å². The van der Waals surface area contributed by atoms with E-state index in [1.54, 1.807) is 0 Å². The molecule has 18 heavy (non-hydrogen) atoms. The minimum atomic E-state index is 0.0729. The second-order valence-electron chi connectivity index (χ2n) is 6.94. The Hall–Kier alpha value is -0.510. The van der Waals surface area contributed by atoms with Crippen LogP contribution in [-0.4, -0.2) is 5.54 Å². The first-order chi connectivity index (χ1) is 8.88. The monoisotopic (exact) mass is 245 g/mol. The molecule has 0 unspecified atom stereocenters. The third-order valence-electron chi connectivity index (χ3n) is 6.22. The van der Waals surface area contributed by atoms with Crippen molar-refractivity contribution >= 4 is 0 Å². The molecule has 0 atom stereocenters. The normalized spacial score (nSPS) is 27.9. The first-order valence-corrected chi connectivity index (χ1v) is 8.26. The lowest BCUT2D eigenvalue weighted by atomic mass is 9.64. The molecule has 3 aliphatic carbocycles. The Balaban J connectivity index is 1.90. The lowest BCUT2D eigenvalue weighted by Crippen LogP contribution is -2.46. The lowest BCUT2D eigenvalue weighted by molar-refractivity contribution is 0.143. The van der Waals surface area contributed by atoms with Crippen molar-refractivity contribution in [1.29, 1.82) is 0 Å². The Morgan fingerprint density at radius 2 is 0.889 bits per heavy atom. The van der Waals surface area contributed by atoms with Crippen LogP contribution in [0.2, 0.25) is 0 Å². The van der Waals surface area contributed by atoms with E-state index in [1.165, 1.54) is 77.0 Å². The molecule has 0 saturated heterocycles. The molecule has 0 radical (unpaired) electrons. The van der Waals surface area contributed by atoms with Crippen LogP contribution < -0.4 is 0 Å². The third-order valence-corrected chi connectivity index (χ3v) is 6.22. The molecular weight excluding hydrogens is 218 g/mol. The molecule has 3 fully saturated rings. The van der Waals surface area contributed by atoms with Crippen LogP contribution in [0.4, 0.5) is 0 Å². The molecule has 100 valence electrons. The fourth-order valence-corrected chi connectivity index (χ4v) is 5.44. The summed E-state index contributed by atoms with van der Waals surface area (Å²) in [5.74, 6) is 2.25. The van der Waals surface area contributed by atoms with Gasteiger partial charge in [0.25, 0.3) is 0 Å². The van der Waals surface area contributed by atoms with Crippen LogP contribution in [0.25, 0.3) is 4.85 Å². The van der Waals surface area contributed by atoms with Gasteiger partial charge in [-0.25, -0.2) is 6.57 Å². The molecule has 0 amide bonds. The van der Waals surface area contributed by atoms with E-state index in [0.29, 0.717) is 0 Å². The first kappa shape index (κ1) is 12.5. The van der Waals surface area contributed by atoms with E-state index in [9.17, 15) is 0 Å². The first-order valence-electron chi connectivity index (χ1n) is 8.26. The number of hydrogen-bond acceptors (Lipinski definition) is 0. The highest BCUT2D eigenvalue weighted by molar-refractivity contribution is 5.14. The minimum Gasteiger partial charge on any atom is -0.309 e. The number of hydrogen-bond donors (Lipinski definition) is 0. The average molecular weight is 245 g/mol. The van der Waals surface area contributed by atoms with Crippen molar-refractivity contribution in [3.05, 3.63) is 11.4 Å².